The van der Waals surface area contributed by atoms with Crippen molar-refractivity contribution in [3.05, 3.63) is 59.2 Å². The molecule has 3 heterocycles. The van der Waals surface area contributed by atoms with Gasteiger partial charge in [0.1, 0.15) is 5.69 Å². The van der Waals surface area contributed by atoms with E-state index < -0.39 is 17.3 Å². The van der Waals surface area contributed by atoms with E-state index in [9.17, 15) is 18.0 Å². The van der Waals surface area contributed by atoms with E-state index in [4.69, 9.17) is 0 Å². The molecule has 0 aromatic carbocycles. The van der Waals surface area contributed by atoms with Crippen LogP contribution in [-0.4, -0.2) is 24.3 Å². The van der Waals surface area contributed by atoms with Crippen LogP contribution >= 0.6 is 0 Å². The minimum atomic E-state index is -4.50. The van der Waals surface area contributed by atoms with Crippen LogP contribution in [0.5, 0.6) is 0 Å². The van der Waals surface area contributed by atoms with E-state index in [2.05, 4.69) is 15.1 Å². The highest BCUT2D eigenvalue weighted by Crippen LogP contribution is 2.29. The Kier molecular flexibility index (Phi) is 2.89. The Labute approximate surface area is 115 Å². The SMILES string of the molecule is O=c1c(-n2ccnc2)c[nH]n1-c1cc(C(F)(F)F)ccn1. The minimum absolute atomic E-state index is 0.138. The molecule has 0 unspecified atom stereocenters. The fourth-order valence-corrected chi connectivity index (χ4v) is 1.83. The molecule has 0 amide bonds. The van der Waals surface area contributed by atoms with Crippen molar-refractivity contribution in [1.29, 1.82) is 0 Å². The number of aromatic amines is 1. The second-order valence-corrected chi connectivity index (χ2v) is 4.17. The largest absolute Gasteiger partial charge is 0.416 e. The smallest absolute Gasteiger partial charge is 0.300 e. The van der Waals surface area contributed by atoms with Crippen LogP contribution in [-0.2, 0) is 6.18 Å². The Morgan fingerprint density at radius 2 is 2.05 bits per heavy atom. The van der Waals surface area contributed by atoms with Crippen LogP contribution in [0.3, 0.4) is 0 Å². The molecule has 108 valence electrons. The Balaban J connectivity index is 2.09. The Hall–Kier alpha value is -2.84. The van der Waals surface area contributed by atoms with Crippen molar-refractivity contribution in [2.45, 2.75) is 6.18 Å². The fraction of sp³-hybridized carbons (Fsp3) is 0.0833. The molecule has 3 aromatic heterocycles. The highest BCUT2D eigenvalue weighted by molar-refractivity contribution is 5.33. The zero-order valence-electron chi connectivity index (χ0n) is 10.4. The molecule has 0 bridgehead atoms. The molecule has 0 fully saturated rings. The van der Waals surface area contributed by atoms with E-state index in [1.807, 2.05) is 0 Å². The van der Waals surface area contributed by atoms with Crippen LogP contribution in [0, 0.1) is 0 Å². The summed E-state index contributed by atoms with van der Waals surface area (Å²) in [6, 6.07) is 1.64. The molecule has 0 saturated carbocycles. The highest BCUT2D eigenvalue weighted by Gasteiger charge is 2.31. The fourth-order valence-electron chi connectivity index (χ4n) is 1.83. The first-order chi connectivity index (χ1) is 9.97. The summed E-state index contributed by atoms with van der Waals surface area (Å²) in [4.78, 5) is 19.8. The third-order valence-corrected chi connectivity index (χ3v) is 2.84. The number of nitrogens with one attached hydrogen (secondary N) is 1. The van der Waals surface area contributed by atoms with Gasteiger partial charge in [0.2, 0.25) is 0 Å². The molecule has 3 aromatic rings. The van der Waals surface area contributed by atoms with Crippen LogP contribution < -0.4 is 5.56 Å². The second kappa shape index (κ2) is 4.62. The summed E-state index contributed by atoms with van der Waals surface area (Å²) >= 11 is 0. The molecule has 6 nitrogen and oxygen atoms in total. The number of hydrogen-bond acceptors (Lipinski definition) is 3. The standard InChI is InChI=1S/C12H8F3N5O/c13-12(14,15)8-1-2-17-10(5-8)20-11(21)9(6-18-20)19-4-3-16-7-19/h1-7,18H. The summed E-state index contributed by atoms with van der Waals surface area (Å²) in [7, 11) is 0. The van der Waals surface area contributed by atoms with Crippen molar-refractivity contribution in [2.75, 3.05) is 0 Å². The van der Waals surface area contributed by atoms with Crippen LogP contribution in [0.4, 0.5) is 13.2 Å². The minimum Gasteiger partial charge on any atom is -0.300 e. The molecule has 0 atom stereocenters. The van der Waals surface area contributed by atoms with Gasteiger partial charge in [-0.05, 0) is 12.1 Å². The number of rotatable bonds is 2. The summed E-state index contributed by atoms with van der Waals surface area (Å²) in [5.41, 5.74) is -1.18. The van der Waals surface area contributed by atoms with Crippen LogP contribution in [0.1, 0.15) is 5.56 Å². The normalized spacial score (nSPS) is 11.8. The van der Waals surface area contributed by atoms with Crippen molar-refractivity contribution in [1.82, 2.24) is 24.3 Å². The van der Waals surface area contributed by atoms with Gasteiger partial charge in [0.15, 0.2) is 5.82 Å². The summed E-state index contributed by atoms with van der Waals surface area (Å²) in [5.74, 6) is -0.138. The lowest BCUT2D eigenvalue weighted by Gasteiger charge is -2.07. The van der Waals surface area contributed by atoms with Gasteiger partial charge in [-0.3, -0.25) is 14.5 Å². The van der Waals surface area contributed by atoms with Crippen molar-refractivity contribution in [3.63, 3.8) is 0 Å². The summed E-state index contributed by atoms with van der Waals surface area (Å²) < 4.78 is 40.4. The molecular formula is C12H8F3N5O. The first kappa shape index (κ1) is 13.2. The third kappa shape index (κ3) is 2.33. The van der Waals surface area contributed by atoms with E-state index in [0.29, 0.717) is 0 Å². The molecule has 0 saturated heterocycles. The van der Waals surface area contributed by atoms with Gasteiger partial charge in [-0.15, -0.1) is 0 Å². The van der Waals surface area contributed by atoms with Crippen LogP contribution in [0.25, 0.3) is 11.5 Å². The zero-order chi connectivity index (χ0) is 15.0. The molecule has 0 aliphatic heterocycles. The maximum absolute atomic E-state index is 12.7. The molecular weight excluding hydrogens is 287 g/mol. The number of nitrogens with zero attached hydrogens (tertiary/aromatic N) is 4. The molecule has 3 rings (SSSR count). The predicted octanol–water partition coefficient (Wildman–Crippen LogP) is 1.77. The Morgan fingerprint density at radius 1 is 1.24 bits per heavy atom. The van der Waals surface area contributed by atoms with E-state index in [0.717, 1.165) is 23.0 Å². The highest BCUT2D eigenvalue weighted by atomic mass is 19.4. The van der Waals surface area contributed by atoms with E-state index in [1.54, 1.807) is 6.20 Å². The van der Waals surface area contributed by atoms with Crippen LogP contribution in [0.2, 0.25) is 0 Å². The molecule has 9 heteroatoms. The van der Waals surface area contributed by atoms with Crippen molar-refractivity contribution in [2.24, 2.45) is 0 Å². The van der Waals surface area contributed by atoms with Crippen molar-refractivity contribution in [3.8, 4) is 11.5 Å². The first-order valence-corrected chi connectivity index (χ1v) is 5.79. The van der Waals surface area contributed by atoms with Gasteiger partial charge in [0.25, 0.3) is 5.56 Å². The maximum Gasteiger partial charge on any atom is 0.416 e. The maximum atomic E-state index is 12.7. The monoisotopic (exact) mass is 295 g/mol. The number of hydrogen-bond donors (Lipinski definition) is 1. The Morgan fingerprint density at radius 3 is 2.71 bits per heavy atom. The topological polar surface area (TPSA) is 68.5 Å². The quantitative estimate of drug-likeness (QED) is 0.783. The van der Waals surface area contributed by atoms with Gasteiger partial charge in [-0.1, -0.05) is 0 Å². The molecule has 1 N–H and O–H groups in total. The summed E-state index contributed by atoms with van der Waals surface area (Å²) in [6.07, 6.45) is 2.32. The predicted molar refractivity (Wildman–Crippen MR) is 66.3 cm³/mol. The number of H-pyrrole nitrogens is 1. The summed E-state index contributed by atoms with van der Waals surface area (Å²) in [6.45, 7) is 0. The van der Waals surface area contributed by atoms with E-state index in [-0.39, 0.29) is 11.5 Å². The van der Waals surface area contributed by atoms with Crippen molar-refractivity contribution < 1.29 is 13.2 Å². The molecule has 0 spiro atoms. The number of halogens is 3. The van der Waals surface area contributed by atoms with Gasteiger partial charge < -0.3 is 0 Å². The molecule has 21 heavy (non-hydrogen) atoms. The lowest BCUT2D eigenvalue weighted by atomic mass is 10.2. The first-order valence-electron chi connectivity index (χ1n) is 5.79. The van der Waals surface area contributed by atoms with E-state index in [1.165, 1.54) is 23.3 Å². The number of aromatic nitrogens is 5. The third-order valence-electron chi connectivity index (χ3n) is 2.84. The van der Waals surface area contributed by atoms with Gasteiger partial charge >= 0.3 is 6.18 Å². The van der Waals surface area contributed by atoms with Gasteiger partial charge in [-0.25, -0.2) is 9.97 Å². The lowest BCUT2D eigenvalue weighted by Crippen LogP contribution is -2.19. The molecule has 0 radical (unpaired) electrons. The number of pyridine rings is 1. The van der Waals surface area contributed by atoms with Gasteiger partial charge in [0.05, 0.1) is 11.9 Å². The Bertz CT molecular complexity index is 816. The van der Waals surface area contributed by atoms with Gasteiger partial charge in [0, 0.05) is 24.8 Å². The molecule has 0 aliphatic rings. The second-order valence-electron chi connectivity index (χ2n) is 4.17. The summed E-state index contributed by atoms with van der Waals surface area (Å²) in [5, 5.41) is 2.58. The van der Waals surface area contributed by atoms with Crippen molar-refractivity contribution >= 4 is 0 Å². The van der Waals surface area contributed by atoms with E-state index >= 15 is 0 Å². The molecule has 0 aliphatic carbocycles. The number of alkyl halides is 3. The lowest BCUT2D eigenvalue weighted by molar-refractivity contribution is -0.137. The zero-order valence-corrected chi connectivity index (χ0v) is 10.4. The average Bonchev–Trinajstić information content (AvgIpc) is 3.07. The van der Waals surface area contributed by atoms with Crippen LogP contribution in [0.15, 0.2) is 48.0 Å². The average molecular weight is 295 g/mol. The van der Waals surface area contributed by atoms with Gasteiger partial charge in [-0.2, -0.15) is 17.9 Å². The number of imidazole rings is 1.